The second-order valence-corrected chi connectivity index (χ2v) is 9.75. The van der Waals surface area contributed by atoms with Gasteiger partial charge >= 0.3 is 5.97 Å². The third-order valence-corrected chi connectivity index (χ3v) is 4.87. The van der Waals surface area contributed by atoms with Crippen molar-refractivity contribution >= 4 is 14.0 Å². The van der Waals surface area contributed by atoms with Crippen LogP contribution in [0.5, 0.6) is 0 Å². The highest BCUT2D eigenvalue weighted by atomic mass is 28.3. The van der Waals surface area contributed by atoms with E-state index in [9.17, 15) is 4.79 Å². The van der Waals surface area contributed by atoms with Gasteiger partial charge in [-0.25, -0.2) is 4.79 Å². The van der Waals surface area contributed by atoms with Crippen LogP contribution in [0.4, 0.5) is 0 Å². The van der Waals surface area contributed by atoms with Gasteiger partial charge in [0, 0.05) is 12.0 Å². The first-order chi connectivity index (χ1) is 6.38. The molecule has 0 aliphatic heterocycles. The van der Waals surface area contributed by atoms with Gasteiger partial charge in [-0.3, -0.25) is 0 Å². The van der Waals surface area contributed by atoms with E-state index in [0.717, 1.165) is 0 Å². The van der Waals surface area contributed by atoms with Gasteiger partial charge in [0.15, 0.2) is 0 Å². The highest BCUT2D eigenvalue weighted by Gasteiger charge is 2.39. The van der Waals surface area contributed by atoms with Crippen LogP contribution in [0.15, 0.2) is 22.9 Å². The lowest BCUT2D eigenvalue weighted by Gasteiger charge is -2.11. The van der Waals surface area contributed by atoms with Crippen LogP contribution in [-0.4, -0.2) is 21.2 Å². The summed E-state index contributed by atoms with van der Waals surface area (Å²) in [5, 5.41) is 1.58. The Hall–Kier alpha value is -0.833. The Kier molecular flexibility index (Phi) is 3.00. The fraction of sp³-hybridized carbons (Fsp3) is 0.545. The summed E-state index contributed by atoms with van der Waals surface area (Å²) in [4.78, 5) is 10.9. The monoisotopic (exact) mass is 210 g/mol. The number of allylic oxidation sites excluding steroid dienone is 3. The van der Waals surface area contributed by atoms with Crippen molar-refractivity contribution in [2.24, 2.45) is 5.92 Å². The first-order valence-corrected chi connectivity index (χ1v) is 8.35. The molecule has 1 atom stereocenters. The topological polar surface area (TPSA) is 26.3 Å². The fourth-order valence-corrected chi connectivity index (χ4v) is 4.41. The second-order valence-electron chi connectivity index (χ2n) is 4.71. The smallest absolute Gasteiger partial charge is 0.330 e. The van der Waals surface area contributed by atoms with Gasteiger partial charge in [-0.2, -0.15) is 0 Å². The lowest BCUT2D eigenvalue weighted by Crippen LogP contribution is -2.19. The maximum atomic E-state index is 10.9. The van der Waals surface area contributed by atoms with E-state index in [1.54, 1.807) is 5.20 Å². The van der Waals surface area contributed by atoms with E-state index in [1.165, 1.54) is 18.8 Å². The average molecular weight is 210 g/mol. The van der Waals surface area contributed by atoms with Crippen molar-refractivity contribution in [3.63, 3.8) is 0 Å². The molecule has 3 heteroatoms. The molecule has 0 saturated carbocycles. The molecule has 0 radical (unpaired) electrons. The van der Waals surface area contributed by atoms with Crippen LogP contribution in [0.2, 0.25) is 19.6 Å². The van der Waals surface area contributed by atoms with Gasteiger partial charge in [0.05, 0.1) is 15.2 Å². The number of hydrogen-bond donors (Lipinski definition) is 0. The quantitative estimate of drug-likeness (QED) is 0.406. The summed E-state index contributed by atoms with van der Waals surface area (Å²) in [5.41, 5.74) is 1.45. The van der Waals surface area contributed by atoms with E-state index >= 15 is 0 Å². The zero-order valence-corrected chi connectivity index (χ0v) is 10.5. The van der Waals surface area contributed by atoms with Gasteiger partial charge in [-0.1, -0.05) is 36.5 Å². The van der Waals surface area contributed by atoms with Crippen molar-refractivity contribution in [2.75, 3.05) is 7.11 Å². The molecule has 78 valence electrons. The Morgan fingerprint density at radius 1 is 1.43 bits per heavy atom. The van der Waals surface area contributed by atoms with Crippen molar-refractivity contribution in [1.82, 2.24) is 0 Å². The third-order valence-electron chi connectivity index (χ3n) is 2.55. The van der Waals surface area contributed by atoms with E-state index in [0.29, 0.717) is 5.92 Å². The number of ether oxygens (including phenoxy) is 1. The molecule has 2 nitrogen and oxygen atoms in total. The predicted octanol–water partition coefficient (Wildman–Crippen LogP) is 2.54. The van der Waals surface area contributed by atoms with E-state index in [4.69, 9.17) is 0 Å². The SMILES string of the molecule is COC(=O)/C=C/C1C(C)=C1[Si](C)(C)C. The number of rotatable bonds is 3. The van der Waals surface area contributed by atoms with Crippen LogP contribution in [0.1, 0.15) is 6.92 Å². The van der Waals surface area contributed by atoms with E-state index in [2.05, 4.69) is 31.3 Å². The Bertz CT molecular complexity index is 308. The molecule has 0 fully saturated rings. The van der Waals surface area contributed by atoms with Crippen LogP contribution in [0.3, 0.4) is 0 Å². The zero-order valence-electron chi connectivity index (χ0n) is 9.55. The second kappa shape index (κ2) is 3.73. The van der Waals surface area contributed by atoms with Crippen molar-refractivity contribution in [3.8, 4) is 0 Å². The maximum Gasteiger partial charge on any atom is 0.330 e. The van der Waals surface area contributed by atoms with Gasteiger partial charge in [0.25, 0.3) is 0 Å². The Balaban J connectivity index is 2.56. The molecule has 0 amide bonds. The predicted molar refractivity (Wildman–Crippen MR) is 60.7 cm³/mol. The Labute approximate surface area is 86.7 Å². The highest BCUT2D eigenvalue weighted by Crippen LogP contribution is 2.45. The highest BCUT2D eigenvalue weighted by molar-refractivity contribution is 6.84. The summed E-state index contributed by atoms with van der Waals surface area (Å²) in [5.74, 6) is 0.181. The largest absolute Gasteiger partial charge is 0.466 e. The van der Waals surface area contributed by atoms with Crippen LogP contribution in [0.25, 0.3) is 0 Å². The van der Waals surface area contributed by atoms with Gasteiger partial charge in [0.2, 0.25) is 0 Å². The minimum atomic E-state index is -1.16. The number of hydrogen-bond acceptors (Lipinski definition) is 2. The summed E-state index contributed by atoms with van der Waals surface area (Å²) in [6, 6.07) is 0. The average Bonchev–Trinajstić information content (AvgIpc) is 2.71. The van der Waals surface area contributed by atoms with Gasteiger partial charge in [-0.05, 0) is 6.92 Å². The molecule has 0 heterocycles. The normalized spacial score (nSPS) is 21.6. The summed E-state index contributed by atoms with van der Waals surface area (Å²) in [6.45, 7) is 9.15. The summed E-state index contributed by atoms with van der Waals surface area (Å²) in [7, 11) is 0.247. The number of esters is 1. The van der Waals surface area contributed by atoms with Gasteiger partial charge in [-0.15, -0.1) is 0 Å². The number of carbonyl (C=O) groups is 1. The van der Waals surface area contributed by atoms with E-state index < -0.39 is 8.07 Å². The first-order valence-electron chi connectivity index (χ1n) is 4.85. The van der Waals surface area contributed by atoms with Crippen LogP contribution < -0.4 is 0 Å². The lowest BCUT2D eigenvalue weighted by atomic mass is 10.3. The Morgan fingerprint density at radius 2 is 2.00 bits per heavy atom. The molecule has 0 N–H and O–H groups in total. The molecule has 0 spiro atoms. The summed E-state index contributed by atoms with van der Waals surface area (Å²) in [6.07, 6.45) is 3.48. The van der Waals surface area contributed by atoms with Crippen molar-refractivity contribution in [3.05, 3.63) is 22.9 Å². The van der Waals surface area contributed by atoms with Gasteiger partial charge < -0.3 is 4.74 Å². The third kappa shape index (κ3) is 2.35. The molecule has 14 heavy (non-hydrogen) atoms. The van der Waals surface area contributed by atoms with E-state index in [-0.39, 0.29) is 5.97 Å². The molecular formula is C11H18O2Si. The minimum absolute atomic E-state index is 0.264. The first kappa shape index (κ1) is 11.2. The molecule has 1 aliphatic rings. The lowest BCUT2D eigenvalue weighted by molar-refractivity contribution is -0.134. The summed E-state index contributed by atoms with van der Waals surface area (Å²) < 4.78 is 4.55. The number of methoxy groups -OCH3 is 1. The zero-order chi connectivity index (χ0) is 10.9. The van der Waals surface area contributed by atoms with Crippen LogP contribution in [0, 0.1) is 5.92 Å². The van der Waals surface area contributed by atoms with Crippen LogP contribution in [-0.2, 0) is 9.53 Å². The van der Waals surface area contributed by atoms with Crippen molar-refractivity contribution in [2.45, 2.75) is 26.6 Å². The van der Waals surface area contributed by atoms with Crippen molar-refractivity contribution in [1.29, 1.82) is 0 Å². The van der Waals surface area contributed by atoms with Gasteiger partial charge in [0.1, 0.15) is 0 Å². The fourth-order valence-electron chi connectivity index (χ4n) is 1.89. The number of carbonyl (C=O) groups excluding carboxylic acids is 1. The van der Waals surface area contributed by atoms with Crippen LogP contribution >= 0.6 is 0 Å². The summed E-state index contributed by atoms with van der Waals surface area (Å²) >= 11 is 0. The minimum Gasteiger partial charge on any atom is -0.466 e. The molecular weight excluding hydrogens is 192 g/mol. The molecule has 0 saturated heterocycles. The molecule has 0 aromatic heterocycles. The molecule has 1 aliphatic carbocycles. The van der Waals surface area contributed by atoms with E-state index in [1.807, 2.05) is 6.08 Å². The maximum absolute atomic E-state index is 10.9. The molecule has 1 rings (SSSR count). The molecule has 1 unspecified atom stereocenters. The standard InChI is InChI=1S/C11H18O2Si/c1-8-9(6-7-10(12)13-2)11(8)14(3,4)5/h6-7,9H,1-5H3/b7-6+. The van der Waals surface area contributed by atoms with Crippen molar-refractivity contribution < 1.29 is 9.53 Å². The molecule has 0 aromatic rings. The Morgan fingerprint density at radius 3 is 2.36 bits per heavy atom. The molecule has 0 aromatic carbocycles. The molecule has 0 bridgehead atoms.